The van der Waals surface area contributed by atoms with Gasteiger partial charge in [0.2, 0.25) is 11.8 Å². The Morgan fingerprint density at radius 1 is 0.660 bits per heavy atom. The number of alkyl halides is 1. The van der Waals surface area contributed by atoms with Crippen LogP contribution in [0.5, 0.6) is 0 Å². The van der Waals surface area contributed by atoms with Crippen LogP contribution in [0.1, 0.15) is 181 Å². The van der Waals surface area contributed by atoms with Crippen molar-refractivity contribution in [1.82, 2.24) is 10.6 Å². The minimum absolute atomic E-state index is 0.0613. The van der Waals surface area contributed by atoms with Crippen molar-refractivity contribution in [3.8, 4) is 0 Å². The van der Waals surface area contributed by atoms with Crippen LogP contribution in [0, 0.1) is 0 Å². The Bertz CT molecular complexity index is 782. The maximum atomic E-state index is 13.0. The SMILES string of the molecule is CCCCCCCC/C=C\CCCCCCCC(=O)NCC(Cl)OC(=O)[C@@H](CC[SH](C)CC)NC(=O)CCCCCCCCCCC. The molecule has 0 aliphatic rings. The molecule has 6 nitrogen and oxygen atoms in total. The molecule has 0 radical (unpaired) electrons. The lowest BCUT2D eigenvalue weighted by Crippen LogP contribution is -2.44. The predicted molar refractivity (Wildman–Crippen MR) is 207 cm³/mol. The van der Waals surface area contributed by atoms with Gasteiger partial charge in [0.15, 0.2) is 5.56 Å². The van der Waals surface area contributed by atoms with Gasteiger partial charge in [0.05, 0.1) is 6.54 Å². The summed E-state index contributed by atoms with van der Waals surface area (Å²) in [5, 5.41) is 5.70. The van der Waals surface area contributed by atoms with Crippen LogP contribution < -0.4 is 10.6 Å². The van der Waals surface area contributed by atoms with Crippen molar-refractivity contribution in [1.29, 1.82) is 0 Å². The van der Waals surface area contributed by atoms with Crippen LogP contribution in [0.4, 0.5) is 0 Å². The predicted octanol–water partition coefficient (Wildman–Crippen LogP) is 10.7. The maximum absolute atomic E-state index is 13.0. The van der Waals surface area contributed by atoms with Crippen molar-refractivity contribution in [3.05, 3.63) is 12.2 Å². The van der Waals surface area contributed by atoms with Gasteiger partial charge in [-0.05, 0) is 62.7 Å². The third-order valence-corrected chi connectivity index (χ3v) is 11.2. The van der Waals surface area contributed by atoms with E-state index in [9.17, 15) is 14.4 Å². The first-order valence-corrected chi connectivity index (χ1v) is 22.2. The standard InChI is InChI=1S/C39H75ClN2O4S/c1-5-8-10-12-14-16-17-18-19-20-21-23-24-26-28-30-37(43)41-34-36(40)46-39(45)35(32-33-47(4)7-3)42-38(44)31-29-27-25-22-15-13-11-9-6-2/h18-19,35-36,47H,5-17,20-34H2,1-4H3,(H,41,43)(H,42,44)/b19-18-/t35-,36?/m1/s1. The fourth-order valence-corrected chi connectivity index (χ4v) is 6.69. The zero-order chi connectivity index (χ0) is 34.8. The van der Waals surface area contributed by atoms with Gasteiger partial charge < -0.3 is 15.4 Å². The van der Waals surface area contributed by atoms with Crippen molar-refractivity contribution in [2.24, 2.45) is 0 Å². The van der Waals surface area contributed by atoms with Crippen LogP contribution >= 0.6 is 22.5 Å². The average Bonchev–Trinajstić information content (AvgIpc) is 3.06. The largest absolute Gasteiger partial charge is 0.443 e. The first-order valence-electron chi connectivity index (χ1n) is 19.6. The number of hydrogen-bond acceptors (Lipinski definition) is 4. The van der Waals surface area contributed by atoms with Crippen molar-refractivity contribution >= 4 is 40.3 Å². The zero-order valence-corrected chi connectivity index (χ0v) is 32.7. The Balaban J connectivity index is 4.14. The molecule has 2 amide bonds. The molecule has 0 bridgehead atoms. The topological polar surface area (TPSA) is 84.5 Å². The molecule has 47 heavy (non-hydrogen) atoms. The minimum Gasteiger partial charge on any atom is -0.443 e. The highest BCUT2D eigenvalue weighted by molar-refractivity contribution is 8.16. The number of carbonyl (C=O) groups is 3. The summed E-state index contributed by atoms with van der Waals surface area (Å²) in [6.45, 7) is 6.70. The molecule has 0 aromatic rings. The average molecular weight is 704 g/mol. The van der Waals surface area contributed by atoms with Crippen LogP contribution in [0.25, 0.3) is 0 Å². The number of hydrogen-bond donors (Lipinski definition) is 3. The van der Waals surface area contributed by atoms with Crippen molar-refractivity contribution in [3.63, 3.8) is 0 Å². The Morgan fingerprint density at radius 3 is 1.60 bits per heavy atom. The van der Waals surface area contributed by atoms with Gasteiger partial charge in [-0.2, -0.15) is 0 Å². The molecule has 0 rings (SSSR count). The number of ether oxygens (including phenoxy) is 1. The molecule has 8 heteroatoms. The highest BCUT2D eigenvalue weighted by atomic mass is 35.5. The highest BCUT2D eigenvalue weighted by Crippen LogP contribution is 2.21. The van der Waals surface area contributed by atoms with E-state index in [4.69, 9.17) is 16.3 Å². The summed E-state index contributed by atoms with van der Waals surface area (Å²) >= 11 is 6.29. The number of rotatable bonds is 34. The monoisotopic (exact) mass is 703 g/mol. The second-order valence-corrected chi connectivity index (χ2v) is 16.6. The quantitative estimate of drug-likeness (QED) is 0.0205. The summed E-state index contributed by atoms with van der Waals surface area (Å²) in [6.07, 6.45) is 34.9. The number of carbonyl (C=O) groups excluding carboxylic acids is 3. The summed E-state index contributed by atoms with van der Waals surface area (Å²) in [5.41, 5.74) is -0.966. The first-order chi connectivity index (χ1) is 22.8. The Hall–Kier alpha value is -1.21. The molecular formula is C39H75ClN2O4S. The molecule has 0 aromatic carbocycles. The molecule has 2 N–H and O–H groups in total. The van der Waals surface area contributed by atoms with E-state index in [0.29, 0.717) is 19.3 Å². The van der Waals surface area contributed by atoms with Gasteiger partial charge in [-0.3, -0.25) is 20.5 Å². The molecule has 0 fully saturated rings. The third kappa shape index (κ3) is 31.8. The molecule has 0 spiro atoms. The number of amides is 2. The highest BCUT2D eigenvalue weighted by Gasteiger charge is 2.25. The molecule has 0 heterocycles. The van der Waals surface area contributed by atoms with Crippen LogP contribution in [0.3, 0.4) is 0 Å². The number of thiol groups is 1. The number of halogens is 1. The molecule has 0 saturated heterocycles. The number of esters is 1. The van der Waals surface area contributed by atoms with E-state index in [0.717, 1.165) is 56.5 Å². The smallest absolute Gasteiger partial charge is 0.330 e. The summed E-state index contributed by atoms with van der Waals surface area (Å²) in [4.78, 5) is 37.9. The molecular weight excluding hydrogens is 628 g/mol. The summed E-state index contributed by atoms with van der Waals surface area (Å²) in [7, 11) is -0.190. The van der Waals surface area contributed by atoms with Gasteiger partial charge in [-0.1, -0.05) is 147 Å². The molecule has 2 unspecified atom stereocenters. The van der Waals surface area contributed by atoms with E-state index in [1.165, 1.54) is 96.3 Å². The van der Waals surface area contributed by atoms with Gasteiger partial charge in [-0.25, -0.2) is 4.79 Å². The zero-order valence-electron chi connectivity index (χ0n) is 31.1. The lowest BCUT2D eigenvalue weighted by Gasteiger charge is -2.22. The molecule has 278 valence electrons. The number of unbranched alkanes of at least 4 members (excludes halogenated alkanes) is 19. The van der Waals surface area contributed by atoms with Crippen molar-refractivity contribution < 1.29 is 19.1 Å². The van der Waals surface area contributed by atoms with E-state index in [1.807, 2.05) is 0 Å². The minimum atomic E-state index is -0.966. The van der Waals surface area contributed by atoms with Gasteiger partial charge in [0, 0.05) is 12.8 Å². The van der Waals surface area contributed by atoms with Crippen molar-refractivity contribution in [2.75, 3.05) is 24.3 Å². The van der Waals surface area contributed by atoms with Crippen LogP contribution in [0.15, 0.2) is 12.2 Å². The molecule has 0 saturated carbocycles. The first kappa shape index (κ1) is 45.8. The molecule has 3 atom stereocenters. The van der Waals surface area contributed by atoms with E-state index >= 15 is 0 Å². The van der Waals surface area contributed by atoms with Crippen LogP contribution in [-0.2, 0) is 19.1 Å². The summed E-state index contributed by atoms with van der Waals surface area (Å²) in [6, 6.07) is -0.703. The second-order valence-electron chi connectivity index (χ2n) is 13.4. The normalized spacial score (nSPS) is 13.8. The number of nitrogens with one attached hydrogen (secondary N) is 2. The number of allylic oxidation sites excluding steroid dienone is 2. The maximum Gasteiger partial charge on any atom is 0.330 e. The van der Waals surface area contributed by atoms with E-state index in [-0.39, 0.29) is 29.3 Å². The van der Waals surface area contributed by atoms with E-state index in [2.05, 4.69) is 49.8 Å². The van der Waals surface area contributed by atoms with E-state index < -0.39 is 17.6 Å². The summed E-state index contributed by atoms with van der Waals surface area (Å²) in [5.74, 6) is 1.26. The van der Waals surface area contributed by atoms with Gasteiger partial charge in [0.25, 0.3) is 0 Å². The van der Waals surface area contributed by atoms with Crippen LogP contribution in [0.2, 0.25) is 0 Å². The lowest BCUT2D eigenvalue weighted by molar-refractivity contribution is -0.149. The molecule has 0 aliphatic carbocycles. The van der Waals surface area contributed by atoms with Crippen LogP contribution in [-0.4, -0.2) is 53.7 Å². The Labute approximate surface area is 298 Å². The molecule has 0 aromatic heterocycles. The lowest BCUT2D eigenvalue weighted by atomic mass is 10.1. The van der Waals surface area contributed by atoms with Crippen molar-refractivity contribution in [2.45, 2.75) is 193 Å². The second kappa shape index (κ2) is 34.6. The fourth-order valence-electron chi connectivity index (χ4n) is 5.51. The molecule has 0 aliphatic heterocycles. The third-order valence-electron chi connectivity index (χ3n) is 8.84. The Morgan fingerprint density at radius 2 is 1.11 bits per heavy atom. The van der Waals surface area contributed by atoms with E-state index in [1.54, 1.807) is 0 Å². The Kier molecular flexibility index (Phi) is 33.8. The van der Waals surface area contributed by atoms with Gasteiger partial charge >= 0.3 is 5.97 Å². The van der Waals surface area contributed by atoms with Gasteiger partial charge in [-0.15, -0.1) is 0 Å². The summed E-state index contributed by atoms with van der Waals surface area (Å²) < 4.78 is 5.46. The van der Waals surface area contributed by atoms with Gasteiger partial charge in [0.1, 0.15) is 6.04 Å². The fraction of sp³-hybridized carbons (Fsp3) is 0.872.